The van der Waals surface area contributed by atoms with Crippen LogP contribution >= 0.6 is 0 Å². The summed E-state index contributed by atoms with van der Waals surface area (Å²) in [6, 6.07) is 5.23. The third-order valence-electron chi connectivity index (χ3n) is 4.53. The van der Waals surface area contributed by atoms with Gasteiger partial charge in [0.05, 0.1) is 18.2 Å². The van der Waals surface area contributed by atoms with Crippen LogP contribution in [0.25, 0.3) is 10.9 Å². The molecule has 1 aliphatic carbocycles. The summed E-state index contributed by atoms with van der Waals surface area (Å²) in [5, 5.41) is 25.5. The van der Waals surface area contributed by atoms with E-state index < -0.39 is 0 Å². The van der Waals surface area contributed by atoms with Crippen LogP contribution in [0.15, 0.2) is 24.4 Å². The number of nitrogens with one attached hydrogen (secondary N) is 2. The first-order valence-corrected chi connectivity index (χ1v) is 8.68. The summed E-state index contributed by atoms with van der Waals surface area (Å²) in [6.45, 7) is 1.63. The molecule has 0 aliphatic heterocycles. The van der Waals surface area contributed by atoms with Crippen molar-refractivity contribution in [1.29, 1.82) is 0 Å². The normalized spacial score (nSPS) is 21.7. The van der Waals surface area contributed by atoms with Crippen LogP contribution in [0.2, 0.25) is 0 Å². The van der Waals surface area contributed by atoms with Crippen molar-refractivity contribution in [2.45, 2.75) is 50.8 Å². The van der Waals surface area contributed by atoms with Crippen LogP contribution in [0.3, 0.4) is 0 Å². The van der Waals surface area contributed by atoms with Crippen molar-refractivity contribution in [1.82, 2.24) is 15.3 Å². The maximum absolute atomic E-state index is 12.2. The van der Waals surface area contributed by atoms with Gasteiger partial charge in [0.2, 0.25) is 5.95 Å². The van der Waals surface area contributed by atoms with Gasteiger partial charge in [0.15, 0.2) is 0 Å². The van der Waals surface area contributed by atoms with Gasteiger partial charge in [-0.3, -0.25) is 4.79 Å². The zero-order valence-electron chi connectivity index (χ0n) is 14.3. The molecule has 0 unspecified atom stereocenters. The summed E-state index contributed by atoms with van der Waals surface area (Å²) in [4.78, 5) is 21.0. The summed E-state index contributed by atoms with van der Waals surface area (Å²) in [6.07, 6.45) is 4.91. The molecular weight excluding hydrogens is 320 g/mol. The minimum Gasteiger partial charge on any atom is -0.394 e. The van der Waals surface area contributed by atoms with Crippen molar-refractivity contribution in [3.63, 3.8) is 0 Å². The molecular formula is C18H24N4O3. The minimum absolute atomic E-state index is 0.106. The smallest absolute Gasteiger partial charge is 0.251 e. The molecule has 7 heteroatoms. The van der Waals surface area contributed by atoms with E-state index in [1.807, 2.05) is 6.07 Å². The molecule has 1 aromatic carbocycles. The van der Waals surface area contributed by atoms with E-state index in [-0.39, 0.29) is 30.7 Å². The number of aliphatic hydroxyl groups is 2. The van der Waals surface area contributed by atoms with Gasteiger partial charge in [0.1, 0.15) is 0 Å². The maximum Gasteiger partial charge on any atom is 0.251 e. The molecule has 3 rings (SSSR count). The Morgan fingerprint density at radius 2 is 2.08 bits per heavy atom. The monoisotopic (exact) mass is 344 g/mol. The van der Waals surface area contributed by atoms with E-state index >= 15 is 0 Å². The highest BCUT2D eigenvalue weighted by Gasteiger charge is 2.20. The van der Waals surface area contributed by atoms with Gasteiger partial charge in [0, 0.05) is 29.2 Å². The van der Waals surface area contributed by atoms with Gasteiger partial charge in [-0.25, -0.2) is 9.97 Å². The number of benzene rings is 1. The number of aromatic nitrogens is 2. The van der Waals surface area contributed by atoms with E-state index in [1.54, 1.807) is 25.3 Å². The lowest BCUT2D eigenvalue weighted by Crippen LogP contribution is -2.34. The number of fused-ring (bicyclic) bond motifs is 1. The molecule has 0 spiro atoms. The largest absolute Gasteiger partial charge is 0.394 e. The molecule has 0 bridgehead atoms. The highest BCUT2D eigenvalue weighted by molar-refractivity contribution is 5.97. The quantitative estimate of drug-likeness (QED) is 0.654. The molecule has 0 saturated heterocycles. The Kier molecular flexibility index (Phi) is 5.45. The summed E-state index contributed by atoms with van der Waals surface area (Å²) >= 11 is 0. The van der Waals surface area contributed by atoms with Gasteiger partial charge in [0.25, 0.3) is 5.91 Å². The number of anilines is 1. The second kappa shape index (κ2) is 7.76. The first-order chi connectivity index (χ1) is 12.0. The Morgan fingerprint density at radius 3 is 2.80 bits per heavy atom. The number of carbonyl (C=O) groups is 1. The SMILES string of the molecule is C[C@@H](CO)NC(=O)c1ccc2cnc(N[C@H]3CC[C@H](O)CC3)nc2c1. The average molecular weight is 344 g/mol. The fourth-order valence-corrected chi connectivity index (χ4v) is 2.99. The second-order valence-electron chi connectivity index (χ2n) is 6.67. The molecule has 1 aromatic heterocycles. The molecule has 1 fully saturated rings. The zero-order valence-corrected chi connectivity index (χ0v) is 14.3. The highest BCUT2D eigenvalue weighted by atomic mass is 16.3. The van der Waals surface area contributed by atoms with E-state index in [9.17, 15) is 9.90 Å². The lowest BCUT2D eigenvalue weighted by atomic mass is 9.93. The number of nitrogens with zero attached hydrogens (tertiary/aromatic N) is 2. The van der Waals surface area contributed by atoms with Crippen LogP contribution in [-0.4, -0.2) is 50.9 Å². The molecule has 1 heterocycles. The van der Waals surface area contributed by atoms with Crippen molar-refractivity contribution >= 4 is 22.8 Å². The number of carbonyl (C=O) groups excluding carboxylic acids is 1. The van der Waals surface area contributed by atoms with E-state index in [4.69, 9.17) is 5.11 Å². The van der Waals surface area contributed by atoms with Gasteiger partial charge >= 0.3 is 0 Å². The summed E-state index contributed by atoms with van der Waals surface area (Å²) in [7, 11) is 0. The lowest BCUT2D eigenvalue weighted by Gasteiger charge is -2.26. The van der Waals surface area contributed by atoms with Crippen LogP contribution in [0, 0.1) is 0 Å². The Labute approximate surface area is 146 Å². The third-order valence-corrected chi connectivity index (χ3v) is 4.53. The van der Waals surface area contributed by atoms with Gasteiger partial charge < -0.3 is 20.8 Å². The van der Waals surface area contributed by atoms with Crippen LogP contribution in [0.4, 0.5) is 5.95 Å². The molecule has 4 N–H and O–H groups in total. The van der Waals surface area contributed by atoms with E-state index in [0.29, 0.717) is 17.0 Å². The fraction of sp³-hybridized carbons (Fsp3) is 0.500. The van der Waals surface area contributed by atoms with Crippen LogP contribution in [0.5, 0.6) is 0 Å². The van der Waals surface area contributed by atoms with Gasteiger partial charge in [-0.2, -0.15) is 0 Å². The molecule has 1 aliphatic rings. The number of amides is 1. The van der Waals surface area contributed by atoms with Crippen molar-refractivity contribution in [3.8, 4) is 0 Å². The Bertz CT molecular complexity index is 744. The maximum atomic E-state index is 12.2. The molecule has 1 amide bonds. The first-order valence-electron chi connectivity index (χ1n) is 8.68. The predicted molar refractivity (Wildman–Crippen MR) is 95.4 cm³/mol. The lowest BCUT2D eigenvalue weighted by molar-refractivity contribution is 0.0922. The Morgan fingerprint density at radius 1 is 1.32 bits per heavy atom. The van der Waals surface area contributed by atoms with Gasteiger partial charge in [-0.15, -0.1) is 0 Å². The van der Waals surface area contributed by atoms with Crippen molar-refractivity contribution in [2.24, 2.45) is 0 Å². The van der Waals surface area contributed by atoms with E-state index in [2.05, 4.69) is 20.6 Å². The third kappa shape index (κ3) is 4.43. The Balaban J connectivity index is 1.75. The summed E-state index contributed by atoms with van der Waals surface area (Å²) in [5.74, 6) is 0.299. The average Bonchev–Trinajstić information content (AvgIpc) is 2.63. The predicted octanol–water partition coefficient (Wildman–Crippen LogP) is 1.46. The molecule has 134 valence electrons. The van der Waals surface area contributed by atoms with Crippen molar-refractivity contribution < 1.29 is 15.0 Å². The van der Waals surface area contributed by atoms with Crippen LogP contribution in [0.1, 0.15) is 43.0 Å². The molecule has 1 saturated carbocycles. The summed E-state index contributed by atoms with van der Waals surface area (Å²) < 4.78 is 0. The second-order valence-corrected chi connectivity index (χ2v) is 6.67. The van der Waals surface area contributed by atoms with E-state index in [0.717, 1.165) is 31.1 Å². The standard InChI is InChI=1S/C18H24N4O3/c1-11(10-23)20-17(25)12-2-3-13-9-19-18(22-16(13)8-12)21-14-4-6-15(24)7-5-14/h2-3,8-9,11,14-15,23-24H,4-7,10H2,1H3,(H,20,25)(H,19,21,22)/t11-,14-,15-/m0/s1. The minimum atomic E-state index is -0.299. The fourth-order valence-electron chi connectivity index (χ4n) is 2.99. The van der Waals surface area contributed by atoms with Crippen molar-refractivity contribution in [2.75, 3.05) is 11.9 Å². The number of hydrogen-bond acceptors (Lipinski definition) is 6. The summed E-state index contributed by atoms with van der Waals surface area (Å²) in [5.41, 5.74) is 1.19. The number of rotatable bonds is 5. The van der Waals surface area contributed by atoms with Crippen LogP contribution in [-0.2, 0) is 0 Å². The molecule has 1 atom stereocenters. The number of hydrogen-bond donors (Lipinski definition) is 4. The molecule has 7 nitrogen and oxygen atoms in total. The van der Waals surface area contributed by atoms with Crippen molar-refractivity contribution in [3.05, 3.63) is 30.0 Å². The molecule has 25 heavy (non-hydrogen) atoms. The van der Waals surface area contributed by atoms with E-state index in [1.165, 1.54) is 0 Å². The molecule has 0 radical (unpaired) electrons. The first kappa shape index (κ1) is 17.6. The van der Waals surface area contributed by atoms with Gasteiger partial charge in [-0.05, 0) is 44.7 Å². The number of aliphatic hydroxyl groups excluding tert-OH is 2. The highest BCUT2D eigenvalue weighted by Crippen LogP contribution is 2.22. The van der Waals surface area contributed by atoms with Gasteiger partial charge in [-0.1, -0.05) is 6.07 Å². The molecule has 2 aromatic rings. The van der Waals surface area contributed by atoms with Crippen LogP contribution < -0.4 is 10.6 Å². The zero-order chi connectivity index (χ0) is 17.8. The topological polar surface area (TPSA) is 107 Å². The Hall–Kier alpha value is -2.25.